The van der Waals surface area contributed by atoms with E-state index in [2.05, 4.69) is 4.98 Å². The molecule has 1 atom stereocenters. The van der Waals surface area contributed by atoms with E-state index in [1.54, 1.807) is 25.7 Å². The number of aromatic amines is 1. The summed E-state index contributed by atoms with van der Waals surface area (Å²) < 4.78 is 10.1. The molecular weight excluding hydrogens is 348 g/mol. The van der Waals surface area contributed by atoms with E-state index in [-0.39, 0.29) is 23.3 Å². The van der Waals surface area contributed by atoms with Crippen LogP contribution in [0.2, 0.25) is 0 Å². The van der Waals surface area contributed by atoms with Gasteiger partial charge >= 0.3 is 5.97 Å². The number of carbonyl (C=O) groups excluding carboxylic acids is 3. The molecule has 0 fully saturated rings. The standard InChI is InChI=1S/C20H32N2O5/c1-8-27-11-9-10-22(19(24)12(2)3)15(6)18(23)16-13(4)17(20(25)26-7)21-14(16)5/h12,15,21H,8-11H2,1-7H3. The molecular formula is C20H32N2O5. The average Bonchev–Trinajstić information content (AvgIpc) is 2.93. The van der Waals surface area contributed by atoms with Crippen molar-refractivity contribution >= 4 is 17.7 Å². The lowest BCUT2D eigenvalue weighted by atomic mass is 9.98. The molecule has 0 radical (unpaired) electrons. The molecule has 1 heterocycles. The Labute approximate surface area is 161 Å². The van der Waals surface area contributed by atoms with E-state index < -0.39 is 12.0 Å². The Kier molecular flexibility index (Phi) is 8.69. The van der Waals surface area contributed by atoms with Gasteiger partial charge in [-0.3, -0.25) is 9.59 Å². The number of ketones is 1. The van der Waals surface area contributed by atoms with Gasteiger partial charge in [0.1, 0.15) is 5.69 Å². The minimum atomic E-state index is -0.639. The van der Waals surface area contributed by atoms with Gasteiger partial charge in [-0.1, -0.05) is 13.8 Å². The maximum Gasteiger partial charge on any atom is 0.354 e. The minimum absolute atomic E-state index is 0.0774. The van der Waals surface area contributed by atoms with Crippen molar-refractivity contribution in [2.75, 3.05) is 26.9 Å². The third-order valence-corrected chi connectivity index (χ3v) is 4.59. The van der Waals surface area contributed by atoms with E-state index in [1.807, 2.05) is 20.8 Å². The Balaban J connectivity index is 3.12. The summed E-state index contributed by atoms with van der Waals surface area (Å²) >= 11 is 0. The van der Waals surface area contributed by atoms with E-state index in [0.717, 1.165) is 0 Å². The molecule has 152 valence electrons. The number of rotatable bonds is 10. The fourth-order valence-electron chi connectivity index (χ4n) is 3.08. The molecule has 0 bridgehead atoms. The predicted molar refractivity (Wildman–Crippen MR) is 103 cm³/mol. The number of methoxy groups -OCH3 is 1. The fourth-order valence-corrected chi connectivity index (χ4v) is 3.08. The van der Waals surface area contributed by atoms with Crippen molar-refractivity contribution in [1.29, 1.82) is 0 Å². The van der Waals surface area contributed by atoms with Gasteiger partial charge in [-0.25, -0.2) is 4.79 Å². The first kappa shape index (κ1) is 22.9. The molecule has 1 rings (SSSR count). The average molecular weight is 380 g/mol. The van der Waals surface area contributed by atoms with Gasteiger partial charge in [-0.2, -0.15) is 0 Å². The van der Waals surface area contributed by atoms with Crippen molar-refractivity contribution < 1.29 is 23.9 Å². The molecule has 1 aromatic rings. The maximum atomic E-state index is 13.2. The summed E-state index contributed by atoms with van der Waals surface area (Å²) in [4.78, 5) is 42.3. The number of carbonyl (C=O) groups is 3. The van der Waals surface area contributed by atoms with Crippen LogP contribution in [0.15, 0.2) is 0 Å². The van der Waals surface area contributed by atoms with E-state index in [1.165, 1.54) is 7.11 Å². The number of aromatic nitrogens is 1. The zero-order chi connectivity index (χ0) is 20.7. The highest BCUT2D eigenvalue weighted by molar-refractivity contribution is 6.06. The number of hydrogen-bond donors (Lipinski definition) is 1. The largest absolute Gasteiger partial charge is 0.464 e. The number of Topliss-reactive ketones (excluding diaryl/α,β-unsaturated/α-hetero) is 1. The highest BCUT2D eigenvalue weighted by atomic mass is 16.5. The minimum Gasteiger partial charge on any atom is -0.464 e. The van der Waals surface area contributed by atoms with Crippen LogP contribution in [0.3, 0.4) is 0 Å². The summed E-state index contributed by atoms with van der Waals surface area (Å²) in [6, 6.07) is -0.639. The number of hydrogen-bond acceptors (Lipinski definition) is 5. The first-order chi connectivity index (χ1) is 12.7. The fraction of sp³-hybridized carbons (Fsp3) is 0.650. The van der Waals surface area contributed by atoms with Gasteiger partial charge < -0.3 is 19.4 Å². The first-order valence-corrected chi connectivity index (χ1v) is 9.37. The lowest BCUT2D eigenvalue weighted by Gasteiger charge is -2.30. The normalized spacial score (nSPS) is 12.1. The van der Waals surface area contributed by atoms with Gasteiger partial charge in [0, 0.05) is 36.9 Å². The number of nitrogens with one attached hydrogen (secondary N) is 1. The van der Waals surface area contributed by atoms with Crippen LogP contribution >= 0.6 is 0 Å². The van der Waals surface area contributed by atoms with Crippen molar-refractivity contribution in [2.45, 2.75) is 54.0 Å². The van der Waals surface area contributed by atoms with Crippen molar-refractivity contribution in [2.24, 2.45) is 5.92 Å². The molecule has 0 aromatic carbocycles. The number of H-pyrrole nitrogens is 1. The van der Waals surface area contributed by atoms with Crippen LogP contribution in [0.4, 0.5) is 0 Å². The SMILES string of the molecule is CCOCCCN(C(=O)C(C)C)C(C)C(=O)c1c(C)[nH]c(C(=O)OC)c1C. The second kappa shape index (κ2) is 10.3. The van der Waals surface area contributed by atoms with Crippen LogP contribution in [0.5, 0.6) is 0 Å². The lowest BCUT2D eigenvalue weighted by molar-refractivity contribution is -0.135. The van der Waals surface area contributed by atoms with Gasteiger partial charge in [0.05, 0.1) is 13.2 Å². The van der Waals surface area contributed by atoms with Crippen LogP contribution in [-0.2, 0) is 14.3 Å². The number of aryl methyl sites for hydroxylation is 1. The number of ether oxygens (including phenoxy) is 2. The molecule has 1 aromatic heterocycles. The molecule has 1 amide bonds. The third-order valence-electron chi connectivity index (χ3n) is 4.59. The molecule has 0 saturated carbocycles. The molecule has 0 aliphatic heterocycles. The Morgan fingerprint density at radius 2 is 1.78 bits per heavy atom. The summed E-state index contributed by atoms with van der Waals surface area (Å²) in [5.74, 6) is -1.01. The van der Waals surface area contributed by atoms with E-state index in [0.29, 0.717) is 43.0 Å². The summed E-state index contributed by atoms with van der Waals surface area (Å²) in [7, 11) is 1.30. The monoisotopic (exact) mass is 380 g/mol. The third kappa shape index (κ3) is 5.42. The van der Waals surface area contributed by atoms with Gasteiger partial charge in [0.2, 0.25) is 5.91 Å². The van der Waals surface area contributed by atoms with Gasteiger partial charge in [0.15, 0.2) is 5.78 Å². The topological polar surface area (TPSA) is 88.7 Å². The van der Waals surface area contributed by atoms with Crippen LogP contribution in [-0.4, -0.2) is 60.5 Å². The van der Waals surface area contributed by atoms with E-state index in [4.69, 9.17) is 9.47 Å². The molecule has 7 nitrogen and oxygen atoms in total. The van der Waals surface area contributed by atoms with Crippen LogP contribution in [0, 0.1) is 19.8 Å². The molecule has 0 saturated heterocycles. The summed E-state index contributed by atoms with van der Waals surface area (Å²) in [5.41, 5.74) is 1.84. The molecule has 0 spiro atoms. The molecule has 1 N–H and O–H groups in total. The van der Waals surface area contributed by atoms with Crippen LogP contribution in [0.1, 0.15) is 66.2 Å². The van der Waals surface area contributed by atoms with Crippen LogP contribution < -0.4 is 0 Å². The number of amides is 1. The van der Waals surface area contributed by atoms with Crippen molar-refractivity contribution in [3.8, 4) is 0 Å². The zero-order valence-corrected chi connectivity index (χ0v) is 17.5. The Morgan fingerprint density at radius 1 is 1.15 bits per heavy atom. The quantitative estimate of drug-likeness (QED) is 0.383. The zero-order valence-electron chi connectivity index (χ0n) is 17.5. The number of esters is 1. The van der Waals surface area contributed by atoms with Crippen LogP contribution in [0.25, 0.3) is 0 Å². The predicted octanol–water partition coefficient (Wildman–Crippen LogP) is 2.90. The highest BCUT2D eigenvalue weighted by Crippen LogP contribution is 2.22. The Hall–Kier alpha value is -2.15. The molecule has 27 heavy (non-hydrogen) atoms. The first-order valence-electron chi connectivity index (χ1n) is 9.37. The number of nitrogens with zero attached hydrogens (tertiary/aromatic N) is 1. The van der Waals surface area contributed by atoms with Gasteiger partial charge in [-0.15, -0.1) is 0 Å². The lowest BCUT2D eigenvalue weighted by Crippen LogP contribution is -2.46. The van der Waals surface area contributed by atoms with Crippen molar-refractivity contribution in [3.63, 3.8) is 0 Å². The van der Waals surface area contributed by atoms with Crippen molar-refractivity contribution in [3.05, 3.63) is 22.5 Å². The summed E-state index contributed by atoms with van der Waals surface area (Å²) in [6.45, 7) is 12.3. The smallest absolute Gasteiger partial charge is 0.354 e. The molecule has 7 heteroatoms. The Bertz CT molecular complexity index is 678. The molecule has 0 aliphatic rings. The van der Waals surface area contributed by atoms with Gasteiger partial charge in [-0.05, 0) is 39.7 Å². The van der Waals surface area contributed by atoms with E-state index >= 15 is 0 Å². The Morgan fingerprint density at radius 3 is 2.30 bits per heavy atom. The molecule has 0 aliphatic carbocycles. The van der Waals surface area contributed by atoms with E-state index in [9.17, 15) is 14.4 Å². The second-order valence-corrected chi connectivity index (χ2v) is 6.89. The van der Waals surface area contributed by atoms with Gasteiger partial charge in [0.25, 0.3) is 0 Å². The molecule has 1 unspecified atom stereocenters. The second-order valence-electron chi connectivity index (χ2n) is 6.89. The summed E-state index contributed by atoms with van der Waals surface area (Å²) in [6.07, 6.45) is 0.655. The van der Waals surface area contributed by atoms with Crippen molar-refractivity contribution in [1.82, 2.24) is 9.88 Å². The highest BCUT2D eigenvalue weighted by Gasteiger charge is 2.31. The maximum absolute atomic E-state index is 13.2. The summed E-state index contributed by atoms with van der Waals surface area (Å²) in [5, 5.41) is 0.